The van der Waals surface area contributed by atoms with Crippen LogP contribution in [0.2, 0.25) is 0 Å². The van der Waals surface area contributed by atoms with Gasteiger partial charge in [-0.1, -0.05) is 30.3 Å². The first-order valence-corrected chi connectivity index (χ1v) is 6.30. The zero-order valence-corrected chi connectivity index (χ0v) is 11.0. The number of nitrogens with two attached hydrogens (primary N) is 1. The molecule has 0 aromatic heterocycles. The first kappa shape index (κ1) is 13.4. The first-order chi connectivity index (χ1) is 9.26. The average Bonchev–Trinajstić information content (AvgIpc) is 2.46. The van der Waals surface area contributed by atoms with Gasteiger partial charge in [0.25, 0.3) is 5.91 Å². The highest BCUT2D eigenvalue weighted by Crippen LogP contribution is 2.28. The molecule has 0 spiro atoms. The van der Waals surface area contributed by atoms with Crippen molar-refractivity contribution in [1.82, 2.24) is 5.32 Å². The molecule has 0 radical (unpaired) electrons. The second-order valence-electron chi connectivity index (χ2n) is 4.26. The van der Waals surface area contributed by atoms with E-state index in [4.69, 9.17) is 10.5 Å². The Morgan fingerprint density at radius 1 is 1.26 bits per heavy atom. The molecular formula is C15H18N2O2. The number of nitrogens with one attached hydrogen (secondary N) is 1. The Hall–Kier alpha value is -2.07. The number of hydrogen-bond donors (Lipinski definition) is 2. The van der Waals surface area contributed by atoms with Crippen molar-refractivity contribution >= 4 is 16.7 Å². The molecule has 4 nitrogen and oxygen atoms in total. The normalized spacial score (nSPS) is 10.4. The number of fused-ring (bicyclic) bond motifs is 1. The van der Waals surface area contributed by atoms with Crippen LogP contribution in [0.3, 0.4) is 0 Å². The van der Waals surface area contributed by atoms with Crippen molar-refractivity contribution in [1.29, 1.82) is 0 Å². The molecule has 0 saturated carbocycles. The van der Waals surface area contributed by atoms with Crippen LogP contribution >= 0.6 is 0 Å². The second kappa shape index (κ2) is 6.20. The summed E-state index contributed by atoms with van der Waals surface area (Å²) in [5, 5.41) is 4.81. The molecule has 0 atom stereocenters. The van der Waals surface area contributed by atoms with Crippen molar-refractivity contribution in [2.24, 2.45) is 5.73 Å². The van der Waals surface area contributed by atoms with Crippen LogP contribution in [0.25, 0.3) is 10.8 Å². The van der Waals surface area contributed by atoms with Gasteiger partial charge in [0.15, 0.2) is 6.61 Å². The van der Waals surface area contributed by atoms with E-state index in [0.717, 1.165) is 28.5 Å². The largest absolute Gasteiger partial charge is 0.483 e. The Balaban J connectivity index is 2.36. The zero-order chi connectivity index (χ0) is 13.7. The molecule has 4 heteroatoms. The fourth-order valence-electron chi connectivity index (χ4n) is 2.07. The molecule has 2 aromatic rings. The van der Waals surface area contributed by atoms with Gasteiger partial charge in [-0.15, -0.1) is 0 Å². The Labute approximate surface area is 112 Å². The van der Waals surface area contributed by atoms with Crippen LogP contribution in [-0.4, -0.2) is 26.1 Å². The number of rotatable bonds is 5. The van der Waals surface area contributed by atoms with Gasteiger partial charge in [0.2, 0.25) is 0 Å². The summed E-state index contributed by atoms with van der Waals surface area (Å²) >= 11 is 0. The van der Waals surface area contributed by atoms with Gasteiger partial charge in [-0.3, -0.25) is 4.79 Å². The van der Waals surface area contributed by atoms with Crippen molar-refractivity contribution in [2.75, 3.05) is 20.2 Å². The van der Waals surface area contributed by atoms with Gasteiger partial charge in [-0.2, -0.15) is 0 Å². The van der Waals surface area contributed by atoms with Crippen LogP contribution in [0.5, 0.6) is 5.75 Å². The molecule has 19 heavy (non-hydrogen) atoms. The van der Waals surface area contributed by atoms with Gasteiger partial charge >= 0.3 is 0 Å². The topological polar surface area (TPSA) is 64.3 Å². The second-order valence-corrected chi connectivity index (χ2v) is 4.26. The number of benzene rings is 2. The van der Waals surface area contributed by atoms with Gasteiger partial charge in [-0.25, -0.2) is 0 Å². The lowest BCUT2D eigenvalue weighted by Gasteiger charge is -2.13. The summed E-state index contributed by atoms with van der Waals surface area (Å²) in [4.78, 5) is 11.3. The summed E-state index contributed by atoms with van der Waals surface area (Å²) in [6.45, 7) is 0.566. The summed E-state index contributed by atoms with van der Waals surface area (Å²) in [6.07, 6.45) is 0.727. The fraction of sp³-hybridized carbons (Fsp3) is 0.267. The maximum atomic E-state index is 11.3. The van der Waals surface area contributed by atoms with E-state index in [1.54, 1.807) is 7.05 Å². The summed E-state index contributed by atoms with van der Waals surface area (Å²) in [5.41, 5.74) is 6.73. The van der Waals surface area contributed by atoms with E-state index in [9.17, 15) is 4.79 Å². The lowest BCUT2D eigenvalue weighted by molar-refractivity contribution is -0.122. The Morgan fingerprint density at radius 2 is 2.05 bits per heavy atom. The molecule has 1 amide bonds. The Kier molecular flexibility index (Phi) is 4.36. The molecule has 0 aliphatic heterocycles. The lowest BCUT2D eigenvalue weighted by atomic mass is 10.0. The van der Waals surface area contributed by atoms with Crippen molar-refractivity contribution < 1.29 is 9.53 Å². The van der Waals surface area contributed by atoms with Crippen LogP contribution in [0.4, 0.5) is 0 Å². The quantitative estimate of drug-likeness (QED) is 0.853. The molecule has 0 fully saturated rings. The monoisotopic (exact) mass is 258 g/mol. The van der Waals surface area contributed by atoms with Crippen LogP contribution in [0.15, 0.2) is 36.4 Å². The zero-order valence-electron chi connectivity index (χ0n) is 11.0. The van der Waals surface area contributed by atoms with Crippen LogP contribution < -0.4 is 15.8 Å². The number of carbonyl (C=O) groups is 1. The molecule has 3 N–H and O–H groups in total. The smallest absolute Gasteiger partial charge is 0.257 e. The van der Waals surface area contributed by atoms with Crippen molar-refractivity contribution in [3.63, 3.8) is 0 Å². The van der Waals surface area contributed by atoms with E-state index in [0.29, 0.717) is 6.54 Å². The predicted molar refractivity (Wildman–Crippen MR) is 76.3 cm³/mol. The van der Waals surface area contributed by atoms with E-state index in [1.165, 1.54) is 0 Å². The average molecular weight is 258 g/mol. The molecule has 100 valence electrons. The first-order valence-electron chi connectivity index (χ1n) is 6.30. The van der Waals surface area contributed by atoms with Crippen LogP contribution in [0.1, 0.15) is 5.56 Å². The van der Waals surface area contributed by atoms with Gasteiger partial charge < -0.3 is 15.8 Å². The van der Waals surface area contributed by atoms with E-state index >= 15 is 0 Å². The minimum atomic E-state index is -0.146. The Bertz CT molecular complexity index is 581. The predicted octanol–water partition coefficient (Wildman–Crippen LogP) is 1.47. The highest BCUT2D eigenvalue weighted by molar-refractivity contribution is 5.88. The highest BCUT2D eigenvalue weighted by Gasteiger charge is 2.09. The molecule has 2 rings (SSSR count). The molecule has 0 aliphatic carbocycles. The van der Waals surface area contributed by atoms with E-state index in [1.807, 2.05) is 30.3 Å². The van der Waals surface area contributed by atoms with Gasteiger partial charge in [-0.05, 0) is 29.8 Å². The van der Waals surface area contributed by atoms with E-state index in [-0.39, 0.29) is 12.5 Å². The number of amides is 1. The highest BCUT2D eigenvalue weighted by atomic mass is 16.5. The summed E-state index contributed by atoms with van der Waals surface area (Å²) in [6, 6.07) is 12.0. The van der Waals surface area contributed by atoms with Gasteiger partial charge in [0.05, 0.1) is 0 Å². The maximum Gasteiger partial charge on any atom is 0.257 e. The SMILES string of the molecule is CNC(=O)COc1ccc2ccccc2c1CCN. The summed E-state index contributed by atoms with van der Waals surface area (Å²) in [5.74, 6) is 0.583. The molecule has 0 heterocycles. The van der Waals surface area contributed by atoms with Crippen molar-refractivity contribution in [3.8, 4) is 5.75 Å². The number of carbonyl (C=O) groups excluding carboxylic acids is 1. The molecular weight excluding hydrogens is 240 g/mol. The third kappa shape index (κ3) is 3.03. The van der Waals surface area contributed by atoms with Crippen molar-refractivity contribution in [3.05, 3.63) is 42.0 Å². The fourth-order valence-corrected chi connectivity index (χ4v) is 2.07. The van der Waals surface area contributed by atoms with E-state index < -0.39 is 0 Å². The van der Waals surface area contributed by atoms with Crippen LogP contribution in [0, 0.1) is 0 Å². The minimum Gasteiger partial charge on any atom is -0.483 e. The molecule has 2 aromatic carbocycles. The van der Waals surface area contributed by atoms with Crippen LogP contribution in [-0.2, 0) is 11.2 Å². The number of ether oxygens (including phenoxy) is 1. The standard InChI is InChI=1S/C15H18N2O2/c1-17-15(18)10-19-14-7-6-11-4-2-3-5-12(11)13(14)8-9-16/h2-7H,8-10,16H2,1H3,(H,17,18). The maximum absolute atomic E-state index is 11.3. The van der Waals surface area contributed by atoms with E-state index in [2.05, 4.69) is 11.4 Å². The molecule has 0 bridgehead atoms. The third-order valence-corrected chi connectivity index (χ3v) is 3.03. The molecule has 0 aliphatic rings. The lowest BCUT2D eigenvalue weighted by Crippen LogP contribution is -2.25. The minimum absolute atomic E-state index is 0.0202. The van der Waals surface area contributed by atoms with Gasteiger partial charge in [0, 0.05) is 12.6 Å². The third-order valence-electron chi connectivity index (χ3n) is 3.03. The summed E-state index contributed by atoms with van der Waals surface area (Å²) in [7, 11) is 1.59. The van der Waals surface area contributed by atoms with Gasteiger partial charge in [0.1, 0.15) is 5.75 Å². The molecule has 0 saturated heterocycles. The number of hydrogen-bond acceptors (Lipinski definition) is 3. The Morgan fingerprint density at radius 3 is 2.79 bits per heavy atom. The molecule has 0 unspecified atom stereocenters. The summed E-state index contributed by atoms with van der Waals surface area (Å²) < 4.78 is 5.58. The van der Waals surface area contributed by atoms with Crippen molar-refractivity contribution in [2.45, 2.75) is 6.42 Å². The number of likely N-dealkylation sites (N-methyl/N-ethyl adjacent to an activating group) is 1.